The molecular weight excluding hydrogens is 217 g/mol. The summed E-state index contributed by atoms with van der Waals surface area (Å²) in [6.07, 6.45) is 0. The van der Waals surface area contributed by atoms with Crippen LogP contribution in [0.4, 0.5) is 4.39 Å². The number of methoxy groups -OCH3 is 1. The molecule has 1 aromatic carbocycles. The molecule has 0 aliphatic heterocycles. The van der Waals surface area contributed by atoms with Crippen LogP contribution in [0.25, 0.3) is 0 Å². The van der Waals surface area contributed by atoms with Gasteiger partial charge in [0.25, 0.3) is 0 Å². The highest BCUT2D eigenvalue weighted by atomic mass is 32.2. The summed E-state index contributed by atoms with van der Waals surface area (Å²) < 4.78 is 29.1. The maximum absolute atomic E-state index is 12.6. The van der Waals surface area contributed by atoms with Crippen LogP contribution >= 0.6 is 0 Å². The smallest absolute Gasteiger partial charge is 0.123 e. The van der Waals surface area contributed by atoms with Gasteiger partial charge in [0.15, 0.2) is 0 Å². The summed E-state index contributed by atoms with van der Waals surface area (Å²) in [6.45, 7) is 0.368. The molecule has 0 aliphatic carbocycles. The summed E-state index contributed by atoms with van der Waals surface area (Å²) in [7, 11) is 0.347. The van der Waals surface area contributed by atoms with Gasteiger partial charge in [0, 0.05) is 23.8 Å². The molecule has 0 heterocycles. The molecule has 2 unspecified atom stereocenters. The Bertz CT molecular complexity index is 329. The number of ether oxygens (including phenoxy) is 1. The molecule has 0 bridgehead atoms. The number of nitrogens with two attached hydrogens (primary N) is 1. The largest absolute Gasteiger partial charge is 0.383 e. The summed E-state index contributed by atoms with van der Waals surface area (Å²) in [5.41, 5.74) is 5.66. The van der Waals surface area contributed by atoms with Crippen LogP contribution in [0.1, 0.15) is 0 Å². The van der Waals surface area contributed by atoms with E-state index in [1.807, 2.05) is 0 Å². The van der Waals surface area contributed by atoms with E-state index in [2.05, 4.69) is 0 Å². The van der Waals surface area contributed by atoms with E-state index < -0.39 is 10.8 Å². The third-order valence-electron chi connectivity index (χ3n) is 1.82. The molecule has 0 fully saturated rings. The molecule has 0 radical (unpaired) electrons. The first-order chi connectivity index (χ1) is 7.13. The number of rotatable bonds is 5. The van der Waals surface area contributed by atoms with Crippen LogP contribution in [0.5, 0.6) is 0 Å². The molecule has 2 N–H and O–H groups in total. The average molecular weight is 231 g/mol. The highest BCUT2D eigenvalue weighted by Gasteiger charge is 2.09. The highest BCUT2D eigenvalue weighted by Crippen LogP contribution is 2.08. The second-order valence-electron chi connectivity index (χ2n) is 3.18. The van der Waals surface area contributed by atoms with E-state index in [0.29, 0.717) is 17.3 Å². The lowest BCUT2D eigenvalue weighted by molar-refractivity contribution is 0.186. The van der Waals surface area contributed by atoms with Crippen molar-refractivity contribution in [3.05, 3.63) is 30.1 Å². The molecule has 0 saturated heterocycles. The molecule has 0 aromatic heterocycles. The first-order valence-electron chi connectivity index (χ1n) is 4.52. The fraction of sp³-hybridized carbons (Fsp3) is 0.400. The summed E-state index contributed by atoms with van der Waals surface area (Å²) in [5, 5.41) is 0. The monoisotopic (exact) mass is 231 g/mol. The minimum absolute atomic E-state index is 0.263. The quantitative estimate of drug-likeness (QED) is 0.819. The van der Waals surface area contributed by atoms with Crippen molar-refractivity contribution in [3.8, 4) is 0 Å². The molecule has 0 amide bonds. The molecule has 3 nitrogen and oxygen atoms in total. The van der Waals surface area contributed by atoms with Gasteiger partial charge in [0.05, 0.1) is 17.4 Å². The maximum Gasteiger partial charge on any atom is 0.123 e. The third-order valence-corrected chi connectivity index (χ3v) is 3.35. The Morgan fingerprint density at radius 3 is 2.60 bits per heavy atom. The van der Waals surface area contributed by atoms with Crippen LogP contribution < -0.4 is 5.73 Å². The summed E-state index contributed by atoms with van der Waals surface area (Å²) >= 11 is 0. The van der Waals surface area contributed by atoms with Crippen LogP contribution in [0, 0.1) is 5.82 Å². The number of hydrogen-bond donors (Lipinski definition) is 1. The second-order valence-corrected chi connectivity index (χ2v) is 4.68. The Morgan fingerprint density at radius 1 is 1.47 bits per heavy atom. The van der Waals surface area contributed by atoms with E-state index in [9.17, 15) is 8.60 Å². The van der Waals surface area contributed by atoms with Crippen molar-refractivity contribution in [1.29, 1.82) is 0 Å². The van der Waals surface area contributed by atoms with Crippen LogP contribution in [0.3, 0.4) is 0 Å². The molecule has 1 aromatic rings. The zero-order valence-electron chi connectivity index (χ0n) is 8.48. The standard InChI is InChI=1S/C10H14FNO2S/c1-14-6-9(12)7-15(13)10-4-2-8(11)3-5-10/h2-5,9H,6-7,12H2,1H3. The van der Waals surface area contributed by atoms with Crippen molar-refractivity contribution in [2.75, 3.05) is 19.5 Å². The molecular formula is C10H14FNO2S. The van der Waals surface area contributed by atoms with E-state index >= 15 is 0 Å². The number of hydrogen-bond acceptors (Lipinski definition) is 3. The van der Waals surface area contributed by atoms with Gasteiger partial charge in [-0.1, -0.05) is 0 Å². The fourth-order valence-corrected chi connectivity index (χ4v) is 2.26. The molecule has 1 rings (SSSR count). The van der Waals surface area contributed by atoms with Crippen molar-refractivity contribution in [2.24, 2.45) is 5.73 Å². The van der Waals surface area contributed by atoms with Crippen LogP contribution in [0.15, 0.2) is 29.2 Å². The van der Waals surface area contributed by atoms with Crippen LogP contribution in [0.2, 0.25) is 0 Å². The maximum atomic E-state index is 12.6. The zero-order valence-corrected chi connectivity index (χ0v) is 9.30. The van der Waals surface area contributed by atoms with Crippen molar-refractivity contribution in [3.63, 3.8) is 0 Å². The molecule has 0 aliphatic rings. The van der Waals surface area contributed by atoms with Crippen LogP contribution in [-0.2, 0) is 15.5 Å². The Kier molecular flexibility index (Phi) is 4.87. The van der Waals surface area contributed by atoms with E-state index in [0.717, 1.165) is 0 Å². The van der Waals surface area contributed by atoms with Crippen molar-refractivity contribution >= 4 is 10.8 Å². The van der Waals surface area contributed by atoms with Crippen molar-refractivity contribution in [2.45, 2.75) is 10.9 Å². The van der Waals surface area contributed by atoms with Gasteiger partial charge in [-0.15, -0.1) is 0 Å². The number of benzene rings is 1. The fourth-order valence-electron chi connectivity index (χ4n) is 1.14. The minimum Gasteiger partial charge on any atom is -0.383 e. The lowest BCUT2D eigenvalue weighted by Gasteiger charge is -2.09. The summed E-state index contributed by atoms with van der Waals surface area (Å²) in [6, 6.07) is 5.32. The lowest BCUT2D eigenvalue weighted by atomic mass is 10.3. The molecule has 0 saturated carbocycles. The molecule has 0 spiro atoms. The normalized spacial score (nSPS) is 14.9. The van der Waals surface area contributed by atoms with Gasteiger partial charge in [-0.2, -0.15) is 0 Å². The molecule has 5 heteroatoms. The topological polar surface area (TPSA) is 52.3 Å². The summed E-state index contributed by atoms with van der Waals surface area (Å²) in [4.78, 5) is 0.586. The molecule has 2 atom stereocenters. The Hall–Kier alpha value is -0.780. The zero-order chi connectivity index (χ0) is 11.3. The van der Waals surface area contributed by atoms with Gasteiger partial charge in [-0.05, 0) is 24.3 Å². The first-order valence-corrected chi connectivity index (χ1v) is 5.84. The van der Waals surface area contributed by atoms with Crippen molar-refractivity contribution < 1.29 is 13.3 Å². The van der Waals surface area contributed by atoms with Gasteiger partial charge in [-0.3, -0.25) is 4.21 Å². The lowest BCUT2D eigenvalue weighted by Crippen LogP contribution is -2.31. The van der Waals surface area contributed by atoms with Gasteiger partial charge >= 0.3 is 0 Å². The SMILES string of the molecule is COCC(N)CS(=O)c1ccc(F)cc1. The van der Waals surface area contributed by atoms with E-state index in [-0.39, 0.29) is 11.9 Å². The summed E-state index contributed by atoms with van der Waals surface area (Å²) in [5.74, 6) is -0.0172. The van der Waals surface area contributed by atoms with Crippen LogP contribution in [-0.4, -0.2) is 29.7 Å². The number of halogens is 1. The van der Waals surface area contributed by atoms with Gasteiger partial charge < -0.3 is 10.5 Å². The molecule has 84 valence electrons. The first kappa shape index (κ1) is 12.3. The van der Waals surface area contributed by atoms with Gasteiger partial charge in [0.2, 0.25) is 0 Å². The van der Waals surface area contributed by atoms with Gasteiger partial charge in [0.1, 0.15) is 5.82 Å². The minimum atomic E-state index is -1.19. The predicted molar refractivity (Wildman–Crippen MR) is 57.5 cm³/mol. The molecule has 15 heavy (non-hydrogen) atoms. The average Bonchev–Trinajstić information content (AvgIpc) is 2.18. The Morgan fingerprint density at radius 2 is 2.07 bits per heavy atom. The van der Waals surface area contributed by atoms with E-state index in [1.165, 1.54) is 24.3 Å². The third kappa shape index (κ3) is 4.07. The highest BCUT2D eigenvalue weighted by molar-refractivity contribution is 7.85. The van der Waals surface area contributed by atoms with E-state index in [4.69, 9.17) is 10.5 Å². The second kappa shape index (κ2) is 5.95. The Labute approximate surface area is 90.9 Å². The van der Waals surface area contributed by atoms with Gasteiger partial charge in [-0.25, -0.2) is 4.39 Å². The van der Waals surface area contributed by atoms with Crippen molar-refractivity contribution in [1.82, 2.24) is 0 Å². The predicted octanol–water partition coefficient (Wildman–Crippen LogP) is 0.907. The Balaban J connectivity index is 2.57. The van der Waals surface area contributed by atoms with E-state index in [1.54, 1.807) is 7.11 Å².